The highest BCUT2D eigenvalue weighted by Crippen LogP contribution is 2.49. The summed E-state index contributed by atoms with van der Waals surface area (Å²) in [5.74, 6) is 1.57. The van der Waals surface area contributed by atoms with Gasteiger partial charge in [0.25, 0.3) is 0 Å². The van der Waals surface area contributed by atoms with Crippen molar-refractivity contribution in [3.63, 3.8) is 0 Å². The van der Waals surface area contributed by atoms with Crippen LogP contribution in [0, 0.1) is 11.3 Å². The van der Waals surface area contributed by atoms with E-state index in [0.717, 1.165) is 21.9 Å². The van der Waals surface area contributed by atoms with Crippen molar-refractivity contribution in [2.75, 3.05) is 5.01 Å². The summed E-state index contributed by atoms with van der Waals surface area (Å²) in [5.41, 5.74) is 8.23. The number of benzene rings is 1. The summed E-state index contributed by atoms with van der Waals surface area (Å²) >= 11 is 1.43. The second-order valence-electron chi connectivity index (χ2n) is 7.61. The van der Waals surface area contributed by atoms with Gasteiger partial charge in [-0.2, -0.15) is 15.3 Å². The summed E-state index contributed by atoms with van der Waals surface area (Å²) in [6.45, 7) is 0. The van der Waals surface area contributed by atoms with E-state index < -0.39 is 0 Å². The molecule has 0 bridgehead atoms. The number of anilines is 1. The van der Waals surface area contributed by atoms with Gasteiger partial charge in [0.1, 0.15) is 34.9 Å². The lowest BCUT2D eigenvalue weighted by atomic mass is 9.89. The fourth-order valence-electron chi connectivity index (χ4n) is 4.16. The minimum absolute atomic E-state index is 0.0690. The molecule has 0 fully saturated rings. The fourth-order valence-corrected chi connectivity index (χ4v) is 5.29. The number of nitrogens with zero attached hydrogens (tertiary/aromatic N) is 4. The maximum absolute atomic E-state index is 9.81. The third-order valence-electron chi connectivity index (χ3n) is 5.67. The number of furan rings is 2. The van der Waals surface area contributed by atoms with E-state index >= 15 is 0 Å². The van der Waals surface area contributed by atoms with Gasteiger partial charge in [0.15, 0.2) is 0 Å². The van der Waals surface area contributed by atoms with Crippen LogP contribution >= 0.6 is 11.3 Å². The molecule has 1 aromatic carbocycles. The molecule has 0 radical (unpaired) electrons. The van der Waals surface area contributed by atoms with Gasteiger partial charge < -0.3 is 19.3 Å². The molecule has 6 rings (SSSR count). The number of nitriles is 1. The van der Waals surface area contributed by atoms with Crippen molar-refractivity contribution in [2.45, 2.75) is 18.4 Å². The van der Waals surface area contributed by atoms with Crippen molar-refractivity contribution < 1.29 is 13.6 Å². The number of aromatic nitrogens is 1. The lowest BCUT2D eigenvalue weighted by Crippen LogP contribution is -2.20. The fraction of sp³-hybridized carbons (Fsp3) is 0.125. The van der Waals surface area contributed by atoms with Gasteiger partial charge >= 0.3 is 0 Å². The van der Waals surface area contributed by atoms with Crippen LogP contribution < -0.4 is 15.5 Å². The van der Waals surface area contributed by atoms with Crippen LogP contribution in [-0.2, 0) is 0 Å². The molecule has 8 nitrogen and oxygen atoms in total. The summed E-state index contributed by atoms with van der Waals surface area (Å²) in [5, 5.41) is 17.1. The monoisotopic (exact) mass is 455 g/mol. The second-order valence-corrected chi connectivity index (χ2v) is 8.61. The molecule has 2 unspecified atom stereocenters. The SMILES string of the molecule is N#CC1=C(N)Oc2nc(N3N=C(c4ccco4)CC3c3ccco3)sc2C1c1ccccc1. The van der Waals surface area contributed by atoms with Gasteiger partial charge in [-0.1, -0.05) is 41.7 Å². The number of allylic oxidation sites excluding steroid dienone is 1. The van der Waals surface area contributed by atoms with E-state index in [1.807, 2.05) is 59.6 Å². The van der Waals surface area contributed by atoms with Crippen LogP contribution in [0.2, 0.25) is 0 Å². The second kappa shape index (κ2) is 7.69. The van der Waals surface area contributed by atoms with Crippen molar-refractivity contribution >= 4 is 22.2 Å². The Morgan fingerprint density at radius 1 is 1.06 bits per heavy atom. The van der Waals surface area contributed by atoms with Crippen LogP contribution in [0.25, 0.3) is 0 Å². The van der Waals surface area contributed by atoms with Crippen molar-refractivity contribution in [3.8, 4) is 11.9 Å². The van der Waals surface area contributed by atoms with E-state index in [4.69, 9.17) is 29.4 Å². The van der Waals surface area contributed by atoms with Crippen LogP contribution in [0.1, 0.15) is 40.3 Å². The van der Waals surface area contributed by atoms with Crippen molar-refractivity contribution in [2.24, 2.45) is 10.8 Å². The molecule has 2 atom stereocenters. The molecule has 0 spiro atoms. The average Bonchev–Trinajstić information content (AvgIpc) is 3.63. The topological polar surface area (TPSA) is 114 Å². The molecule has 162 valence electrons. The first-order chi connectivity index (χ1) is 16.2. The number of rotatable bonds is 4. The molecule has 2 aliphatic heterocycles. The van der Waals surface area contributed by atoms with Gasteiger partial charge in [0.05, 0.1) is 23.3 Å². The van der Waals surface area contributed by atoms with E-state index in [2.05, 4.69) is 6.07 Å². The van der Waals surface area contributed by atoms with Gasteiger partial charge in [-0.15, -0.1) is 0 Å². The maximum atomic E-state index is 9.81. The minimum atomic E-state index is -0.357. The van der Waals surface area contributed by atoms with Gasteiger partial charge in [-0.3, -0.25) is 0 Å². The van der Waals surface area contributed by atoms with Gasteiger partial charge in [-0.25, -0.2) is 5.01 Å². The molecule has 3 aromatic heterocycles. The number of ether oxygens (including phenoxy) is 1. The highest BCUT2D eigenvalue weighted by molar-refractivity contribution is 7.16. The Balaban J connectivity index is 1.45. The van der Waals surface area contributed by atoms with E-state index in [1.54, 1.807) is 12.5 Å². The molecular weight excluding hydrogens is 438 g/mol. The summed E-state index contributed by atoms with van der Waals surface area (Å²) in [6.07, 6.45) is 3.86. The largest absolute Gasteiger partial charge is 0.467 e. The summed E-state index contributed by atoms with van der Waals surface area (Å²) < 4.78 is 17.1. The third-order valence-corrected chi connectivity index (χ3v) is 6.76. The highest BCUT2D eigenvalue weighted by Gasteiger charge is 2.39. The van der Waals surface area contributed by atoms with Crippen LogP contribution in [0.5, 0.6) is 5.88 Å². The Bertz CT molecular complexity index is 1400. The van der Waals surface area contributed by atoms with Crippen LogP contribution in [0.3, 0.4) is 0 Å². The predicted octanol–water partition coefficient (Wildman–Crippen LogP) is 4.90. The van der Waals surface area contributed by atoms with Crippen LogP contribution in [0.15, 0.2) is 92.5 Å². The minimum Gasteiger partial charge on any atom is -0.467 e. The Kier molecular flexibility index (Phi) is 4.52. The molecule has 2 N–H and O–H groups in total. The number of thiazole rings is 1. The van der Waals surface area contributed by atoms with Crippen molar-refractivity contribution in [1.29, 1.82) is 5.26 Å². The standard InChI is InChI=1S/C24H17N5O3S/c25-13-15-20(14-6-2-1-3-7-14)21-23(32-22(15)26)27-24(33-21)29-17(19-9-5-11-31-19)12-16(28-29)18-8-4-10-30-18/h1-11,17,20H,12,26H2. The molecule has 9 heteroatoms. The predicted molar refractivity (Wildman–Crippen MR) is 122 cm³/mol. The molecule has 0 saturated carbocycles. The van der Waals surface area contributed by atoms with E-state index in [1.165, 1.54) is 11.3 Å². The lowest BCUT2D eigenvalue weighted by Gasteiger charge is -2.22. The van der Waals surface area contributed by atoms with Gasteiger partial charge in [-0.05, 0) is 29.8 Å². The lowest BCUT2D eigenvalue weighted by molar-refractivity contribution is 0.382. The molecule has 0 aliphatic carbocycles. The smallest absolute Gasteiger partial charge is 0.238 e. The first-order valence-electron chi connectivity index (χ1n) is 10.3. The molecule has 0 amide bonds. The highest BCUT2D eigenvalue weighted by atomic mass is 32.1. The van der Waals surface area contributed by atoms with Gasteiger partial charge in [0.2, 0.25) is 16.9 Å². The van der Waals surface area contributed by atoms with Crippen LogP contribution in [-0.4, -0.2) is 10.7 Å². The average molecular weight is 455 g/mol. The first kappa shape index (κ1) is 19.4. The van der Waals surface area contributed by atoms with E-state index in [-0.39, 0.29) is 17.8 Å². The number of hydrogen-bond donors (Lipinski definition) is 1. The molecule has 0 saturated heterocycles. The number of hydrogen-bond acceptors (Lipinski definition) is 9. The zero-order valence-corrected chi connectivity index (χ0v) is 18.0. The molecule has 33 heavy (non-hydrogen) atoms. The van der Waals surface area contributed by atoms with E-state index in [9.17, 15) is 5.26 Å². The zero-order chi connectivity index (χ0) is 22.4. The summed E-state index contributed by atoms with van der Waals surface area (Å²) in [4.78, 5) is 5.53. The zero-order valence-electron chi connectivity index (χ0n) is 17.2. The van der Waals surface area contributed by atoms with Crippen molar-refractivity contribution in [3.05, 3.63) is 101 Å². The van der Waals surface area contributed by atoms with Gasteiger partial charge in [0, 0.05) is 6.42 Å². The number of hydrazone groups is 1. The molecular formula is C24H17N5O3S. The Labute approximate surface area is 192 Å². The first-order valence-corrected chi connectivity index (χ1v) is 11.1. The number of nitrogens with two attached hydrogens (primary N) is 1. The Morgan fingerprint density at radius 3 is 2.61 bits per heavy atom. The quantitative estimate of drug-likeness (QED) is 0.465. The maximum Gasteiger partial charge on any atom is 0.238 e. The molecule has 5 heterocycles. The Morgan fingerprint density at radius 2 is 1.88 bits per heavy atom. The Hall–Kier alpha value is -4.29. The third kappa shape index (κ3) is 3.20. The molecule has 4 aromatic rings. The normalized spacial score (nSPS) is 19.7. The van der Waals surface area contributed by atoms with Crippen LogP contribution in [0.4, 0.5) is 5.13 Å². The van der Waals surface area contributed by atoms with Crippen molar-refractivity contribution in [1.82, 2.24) is 4.98 Å². The summed E-state index contributed by atoms with van der Waals surface area (Å²) in [7, 11) is 0. The van der Waals surface area contributed by atoms with E-state index in [0.29, 0.717) is 28.8 Å². The summed E-state index contributed by atoms with van der Waals surface area (Å²) in [6, 6.07) is 19.3. The molecule has 2 aliphatic rings. The number of fused-ring (bicyclic) bond motifs is 1.